The van der Waals surface area contributed by atoms with Gasteiger partial charge in [0.25, 0.3) is 0 Å². The van der Waals surface area contributed by atoms with E-state index >= 15 is 0 Å². The van der Waals surface area contributed by atoms with Crippen LogP contribution in [0.25, 0.3) is 0 Å². The number of carbonyl (C=O) groups excluding carboxylic acids is 1. The number of hydrogen-bond donors (Lipinski definition) is 0. The lowest BCUT2D eigenvalue weighted by molar-refractivity contribution is 0.111. The molecule has 0 bridgehead atoms. The number of aryl methyl sites for hydroxylation is 1. The molecule has 0 aliphatic carbocycles. The quantitative estimate of drug-likeness (QED) is 0.534. The number of carbonyl (C=O) groups is 1. The van der Waals surface area contributed by atoms with Crippen molar-refractivity contribution in [2.24, 2.45) is 0 Å². The van der Waals surface area contributed by atoms with Crippen LogP contribution in [0.15, 0.2) is 18.2 Å². The van der Waals surface area contributed by atoms with Crippen LogP contribution in [0.1, 0.15) is 22.3 Å². The summed E-state index contributed by atoms with van der Waals surface area (Å²) in [5, 5.41) is 0. The molecular formula is C11H13FO2. The van der Waals surface area contributed by atoms with Crippen LogP contribution in [-0.4, -0.2) is 19.6 Å². The summed E-state index contributed by atoms with van der Waals surface area (Å²) in [6.07, 6.45) is 1.10. The zero-order valence-corrected chi connectivity index (χ0v) is 8.13. The highest BCUT2D eigenvalue weighted by molar-refractivity contribution is 5.80. The average molecular weight is 196 g/mol. The molecule has 0 aliphatic rings. The van der Waals surface area contributed by atoms with Gasteiger partial charge in [-0.1, -0.05) is 12.1 Å². The first-order valence-electron chi connectivity index (χ1n) is 4.53. The molecule has 3 heteroatoms. The predicted molar refractivity (Wildman–Crippen MR) is 52.7 cm³/mol. The normalized spacial score (nSPS) is 9.86. The minimum atomic E-state index is -0.400. The van der Waals surface area contributed by atoms with Crippen molar-refractivity contribution in [2.75, 3.05) is 13.3 Å². The van der Waals surface area contributed by atoms with Crippen molar-refractivity contribution in [1.82, 2.24) is 0 Å². The summed E-state index contributed by atoms with van der Waals surface area (Å²) >= 11 is 0. The molecule has 0 N–H and O–H groups in total. The Balaban J connectivity index is 2.77. The third-order valence-corrected chi connectivity index (χ3v) is 1.89. The summed E-state index contributed by atoms with van der Waals surface area (Å²) in [5.41, 5.74) is 1.41. The standard InChI is InChI=1S/C11H13FO2/c1-9-4-2-5-10(8-13)11(9)14-7-3-6-12/h2,4-5,8H,3,6-7H2,1H3. The van der Waals surface area contributed by atoms with Gasteiger partial charge in [-0.05, 0) is 18.6 Å². The Labute approximate surface area is 82.7 Å². The van der Waals surface area contributed by atoms with E-state index in [2.05, 4.69) is 0 Å². The molecule has 0 saturated carbocycles. The molecule has 0 aliphatic heterocycles. The third kappa shape index (κ3) is 2.55. The highest BCUT2D eigenvalue weighted by atomic mass is 19.1. The molecule has 0 spiro atoms. The Bertz CT molecular complexity index is 310. The summed E-state index contributed by atoms with van der Waals surface area (Å²) < 4.78 is 17.2. The minimum Gasteiger partial charge on any atom is -0.492 e. The number of para-hydroxylation sites is 1. The number of aldehydes is 1. The molecule has 0 saturated heterocycles. The van der Waals surface area contributed by atoms with Gasteiger partial charge in [-0.25, -0.2) is 0 Å². The summed E-state index contributed by atoms with van der Waals surface area (Å²) in [6.45, 7) is 1.77. The second-order valence-electron chi connectivity index (χ2n) is 3.00. The van der Waals surface area contributed by atoms with Crippen molar-refractivity contribution >= 4 is 6.29 Å². The van der Waals surface area contributed by atoms with Gasteiger partial charge in [0.2, 0.25) is 0 Å². The van der Waals surface area contributed by atoms with E-state index in [9.17, 15) is 9.18 Å². The van der Waals surface area contributed by atoms with Crippen molar-refractivity contribution in [3.8, 4) is 5.75 Å². The summed E-state index contributed by atoms with van der Waals surface area (Å²) in [6, 6.07) is 5.34. The SMILES string of the molecule is Cc1cccc(C=O)c1OCCCF. The molecular weight excluding hydrogens is 183 g/mol. The van der Waals surface area contributed by atoms with Crippen molar-refractivity contribution in [3.05, 3.63) is 29.3 Å². The number of hydrogen-bond acceptors (Lipinski definition) is 2. The van der Waals surface area contributed by atoms with E-state index in [0.29, 0.717) is 24.3 Å². The van der Waals surface area contributed by atoms with E-state index in [-0.39, 0.29) is 0 Å². The molecule has 1 aromatic carbocycles. The number of halogens is 1. The molecule has 14 heavy (non-hydrogen) atoms. The number of alkyl halides is 1. The van der Waals surface area contributed by atoms with Gasteiger partial charge in [0.15, 0.2) is 6.29 Å². The second-order valence-corrected chi connectivity index (χ2v) is 3.00. The molecule has 0 radical (unpaired) electrons. The summed E-state index contributed by atoms with van der Waals surface area (Å²) in [5.74, 6) is 0.566. The number of ether oxygens (including phenoxy) is 1. The molecule has 0 fully saturated rings. The van der Waals surface area contributed by atoms with Gasteiger partial charge in [0, 0.05) is 6.42 Å². The van der Waals surface area contributed by atoms with Gasteiger partial charge >= 0.3 is 0 Å². The number of rotatable bonds is 5. The first kappa shape index (κ1) is 10.7. The molecule has 2 nitrogen and oxygen atoms in total. The van der Waals surface area contributed by atoms with Gasteiger partial charge in [0.1, 0.15) is 5.75 Å². The van der Waals surface area contributed by atoms with Crippen LogP contribution in [0.3, 0.4) is 0 Å². The molecule has 76 valence electrons. The fraction of sp³-hybridized carbons (Fsp3) is 0.364. The molecule has 0 aromatic heterocycles. The maximum absolute atomic E-state index is 11.8. The molecule has 0 heterocycles. The van der Waals surface area contributed by atoms with Crippen LogP contribution in [0.4, 0.5) is 4.39 Å². The van der Waals surface area contributed by atoms with Crippen molar-refractivity contribution in [2.45, 2.75) is 13.3 Å². The molecule has 0 atom stereocenters. The zero-order valence-electron chi connectivity index (χ0n) is 8.13. The smallest absolute Gasteiger partial charge is 0.153 e. The maximum Gasteiger partial charge on any atom is 0.153 e. The van der Waals surface area contributed by atoms with Gasteiger partial charge in [-0.15, -0.1) is 0 Å². The van der Waals surface area contributed by atoms with Gasteiger partial charge < -0.3 is 4.74 Å². The highest BCUT2D eigenvalue weighted by Gasteiger charge is 2.05. The van der Waals surface area contributed by atoms with Crippen LogP contribution in [-0.2, 0) is 0 Å². The van der Waals surface area contributed by atoms with Crippen LogP contribution in [0, 0.1) is 6.92 Å². The topological polar surface area (TPSA) is 26.3 Å². The van der Waals surface area contributed by atoms with E-state index in [1.54, 1.807) is 12.1 Å². The van der Waals surface area contributed by atoms with Crippen LogP contribution >= 0.6 is 0 Å². The molecule has 0 amide bonds. The van der Waals surface area contributed by atoms with Gasteiger partial charge in [-0.3, -0.25) is 9.18 Å². The lowest BCUT2D eigenvalue weighted by Gasteiger charge is -2.09. The van der Waals surface area contributed by atoms with Gasteiger partial charge in [-0.2, -0.15) is 0 Å². The average Bonchev–Trinajstić information content (AvgIpc) is 2.20. The zero-order chi connectivity index (χ0) is 10.4. The van der Waals surface area contributed by atoms with E-state index in [4.69, 9.17) is 4.74 Å². The van der Waals surface area contributed by atoms with Crippen LogP contribution < -0.4 is 4.74 Å². The Morgan fingerprint density at radius 1 is 1.50 bits per heavy atom. The second kappa shape index (κ2) is 5.37. The summed E-state index contributed by atoms with van der Waals surface area (Å²) in [4.78, 5) is 10.7. The van der Waals surface area contributed by atoms with Crippen LogP contribution in [0.2, 0.25) is 0 Å². The lowest BCUT2D eigenvalue weighted by atomic mass is 10.1. The Morgan fingerprint density at radius 2 is 2.29 bits per heavy atom. The Hall–Kier alpha value is -1.38. The minimum absolute atomic E-state index is 0.308. The maximum atomic E-state index is 11.8. The molecule has 1 rings (SSSR count). The molecule has 1 aromatic rings. The van der Waals surface area contributed by atoms with E-state index in [1.165, 1.54) is 0 Å². The van der Waals surface area contributed by atoms with Crippen molar-refractivity contribution in [1.29, 1.82) is 0 Å². The first-order chi connectivity index (χ1) is 6.79. The predicted octanol–water partition coefficient (Wildman–Crippen LogP) is 2.55. The van der Waals surface area contributed by atoms with E-state index < -0.39 is 6.67 Å². The Kier molecular flexibility index (Phi) is 4.11. The summed E-state index contributed by atoms with van der Waals surface area (Å²) in [7, 11) is 0. The largest absolute Gasteiger partial charge is 0.492 e. The first-order valence-corrected chi connectivity index (χ1v) is 4.53. The van der Waals surface area contributed by atoms with Crippen molar-refractivity contribution < 1.29 is 13.9 Å². The van der Waals surface area contributed by atoms with E-state index in [1.807, 2.05) is 13.0 Å². The highest BCUT2D eigenvalue weighted by Crippen LogP contribution is 2.21. The van der Waals surface area contributed by atoms with Crippen molar-refractivity contribution in [3.63, 3.8) is 0 Å². The van der Waals surface area contributed by atoms with E-state index in [0.717, 1.165) is 11.8 Å². The monoisotopic (exact) mass is 196 g/mol. The molecule has 0 unspecified atom stereocenters. The lowest BCUT2D eigenvalue weighted by Crippen LogP contribution is -2.02. The third-order valence-electron chi connectivity index (χ3n) is 1.89. The number of benzene rings is 1. The Morgan fingerprint density at radius 3 is 2.93 bits per heavy atom. The van der Waals surface area contributed by atoms with Crippen LogP contribution in [0.5, 0.6) is 5.75 Å². The fourth-order valence-electron chi connectivity index (χ4n) is 1.19. The fourth-order valence-corrected chi connectivity index (χ4v) is 1.19. The van der Waals surface area contributed by atoms with Gasteiger partial charge in [0.05, 0.1) is 18.8 Å².